The van der Waals surface area contributed by atoms with E-state index in [-0.39, 0.29) is 11.5 Å². The van der Waals surface area contributed by atoms with Crippen molar-refractivity contribution in [1.29, 1.82) is 0 Å². The topological polar surface area (TPSA) is 58.9 Å². The van der Waals surface area contributed by atoms with Crippen molar-refractivity contribution in [3.63, 3.8) is 0 Å². The summed E-state index contributed by atoms with van der Waals surface area (Å²) in [6, 6.07) is 10.9. The molecule has 2 rings (SSSR count). The third kappa shape index (κ3) is 5.88. The molecule has 0 saturated carbocycles. The number of rotatable bonds is 9. The summed E-state index contributed by atoms with van der Waals surface area (Å²) in [6.45, 7) is 10.8. The molecule has 0 fully saturated rings. The summed E-state index contributed by atoms with van der Waals surface area (Å²) in [5.74, 6) is 2.18. The Bertz CT molecular complexity index is 725. The lowest BCUT2D eigenvalue weighted by molar-refractivity contribution is 0.383. The van der Waals surface area contributed by atoms with E-state index < -0.39 is 0 Å². The van der Waals surface area contributed by atoms with Gasteiger partial charge < -0.3 is 19.7 Å². The summed E-state index contributed by atoms with van der Waals surface area (Å²) >= 11 is 0. The number of phenolic OH excluding ortho intramolecular Hbond substituents is 2. The van der Waals surface area contributed by atoms with Gasteiger partial charge in [0.25, 0.3) is 0 Å². The molecular formula is C22H26O4. The first-order valence-corrected chi connectivity index (χ1v) is 8.65. The van der Waals surface area contributed by atoms with Crippen LogP contribution in [0.4, 0.5) is 0 Å². The van der Waals surface area contributed by atoms with E-state index >= 15 is 0 Å². The average molecular weight is 354 g/mol. The number of aryl methyl sites for hydroxylation is 2. The highest BCUT2D eigenvalue weighted by Crippen LogP contribution is 2.30. The number of ether oxygens (including phenoxy) is 2. The zero-order valence-electron chi connectivity index (χ0n) is 15.4. The van der Waals surface area contributed by atoms with Crippen molar-refractivity contribution in [2.75, 3.05) is 0 Å². The molecule has 0 aliphatic heterocycles. The molecule has 0 heterocycles. The zero-order chi connectivity index (χ0) is 19.1. The van der Waals surface area contributed by atoms with Crippen LogP contribution >= 0.6 is 0 Å². The maximum absolute atomic E-state index is 9.98. The monoisotopic (exact) mass is 354 g/mol. The van der Waals surface area contributed by atoms with E-state index in [9.17, 15) is 10.2 Å². The van der Waals surface area contributed by atoms with Gasteiger partial charge in [0.05, 0.1) is 11.5 Å². The fourth-order valence-corrected chi connectivity index (χ4v) is 2.64. The Morgan fingerprint density at radius 3 is 1.46 bits per heavy atom. The maximum Gasteiger partial charge on any atom is 0.168 e. The van der Waals surface area contributed by atoms with Gasteiger partial charge in [0.1, 0.15) is 0 Å². The van der Waals surface area contributed by atoms with Crippen LogP contribution in [-0.4, -0.2) is 10.2 Å². The molecule has 0 spiro atoms. The molecule has 138 valence electrons. The first kappa shape index (κ1) is 19.4. The van der Waals surface area contributed by atoms with Crippen LogP contribution < -0.4 is 9.47 Å². The molecule has 0 aromatic heterocycles. The van der Waals surface area contributed by atoms with Crippen LogP contribution in [0.2, 0.25) is 0 Å². The zero-order valence-corrected chi connectivity index (χ0v) is 15.4. The summed E-state index contributed by atoms with van der Waals surface area (Å²) in [6.07, 6.45) is 3.68. The van der Waals surface area contributed by atoms with E-state index in [1.165, 1.54) is 0 Å². The second kappa shape index (κ2) is 8.99. The van der Waals surface area contributed by atoms with Crippen molar-refractivity contribution in [3.8, 4) is 23.0 Å². The molecule has 4 nitrogen and oxygen atoms in total. The summed E-state index contributed by atoms with van der Waals surface area (Å²) in [5, 5.41) is 20.0. The van der Waals surface area contributed by atoms with Gasteiger partial charge in [-0.15, -0.1) is 0 Å². The Balaban J connectivity index is 1.83. The third-order valence-electron chi connectivity index (χ3n) is 3.80. The Labute approximate surface area is 155 Å². The van der Waals surface area contributed by atoms with Gasteiger partial charge in [-0.05, 0) is 74.9 Å². The number of phenols is 2. The number of hydrogen-bond donors (Lipinski definition) is 2. The van der Waals surface area contributed by atoms with Crippen LogP contribution in [0.1, 0.15) is 37.8 Å². The highest BCUT2D eigenvalue weighted by molar-refractivity contribution is 5.43. The van der Waals surface area contributed by atoms with Crippen molar-refractivity contribution in [2.24, 2.45) is 0 Å². The summed E-state index contributed by atoms with van der Waals surface area (Å²) in [7, 11) is 0. The Morgan fingerprint density at radius 2 is 1.15 bits per heavy atom. The molecule has 26 heavy (non-hydrogen) atoms. The number of allylic oxidation sites excluding steroid dienone is 2. The van der Waals surface area contributed by atoms with Crippen molar-refractivity contribution < 1.29 is 19.7 Å². The van der Waals surface area contributed by atoms with E-state index in [0.717, 1.165) is 36.8 Å². The predicted octanol–water partition coefficient (Wildman–Crippen LogP) is 5.49. The molecule has 0 aliphatic rings. The number of aromatic hydroxyl groups is 2. The number of benzene rings is 2. The number of unbranched alkanes of at least 4 members (excludes halogenated alkanes) is 1. The van der Waals surface area contributed by atoms with Crippen molar-refractivity contribution in [1.82, 2.24) is 0 Å². The largest absolute Gasteiger partial charge is 0.504 e. The quantitative estimate of drug-likeness (QED) is 0.462. The second-order valence-electron chi connectivity index (χ2n) is 6.42. The molecule has 0 unspecified atom stereocenters. The third-order valence-corrected chi connectivity index (χ3v) is 3.80. The molecule has 0 atom stereocenters. The summed E-state index contributed by atoms with van der Waals surface area (Å²) in [4.78, 5) is 0. The Hall–Kier alpha value is -2.88. The van der Waals surface area contributed by atoms with Crippen LogP contribution in [0.25, 0.3) is 0 Å². The lowest BCUT2D eigenvalue weighted by atomic mass is 10.0. The fourth-order valence-electron chi connectivity index (χ4n) is 2.64. The minimum Gasteiger partial charge on any atom is -0.504 e. The molecule has 0 aliphatic carbocycles. The minimum absolute atomic E-state index is 0.128. The SMILES string of the molecule is C=C(C)Oc1ccc(CCCCc2ccc(OC(=C)C)c(O)c2)cc1O. The second-order valence-corrected chi connectivity index (χ2v) is 6.42. The molecule has 0 radical (unpaired) electrons. The molecule has 0 amide bonds. The summed E-state index contributed by atoms with van der Waals surface area (Å²) < 4.78 is 10.7. The van der Waals surface area contributed by atoms with Gasteiger partial charge in [-0.2, -0.15) is 0 Å². The van der Waals surface area contributed by atoms with Gasteiger partial charge in [0.2, 0.25) is 0 Å². The van der Waals surface area contributed by atoms with Gasteiger partial charge >= 0.3 is 0 Å². The first-order valence-electron chi connectivity index (χ1n) is 8.65. The first-order chi connectivity index (χ1) is 12.3. The molecular weight excluding hydrogens is 328 g/mol. The van der Waals surface area contributed by atoms with Crippen LogP contribution in [0.15, 0.2) is 61.1 Å². The van der Waals surface area contributed by atoms with E-state index in [4.69, 9.17) is 9.47 Å². The van der Waals surface area contributed by atoms with Gasteiger partial charge in [0.15, 0.2) is 23.0 Å². The molecule has 0 saturated heterocycles. The van der Waals surface area contributed by atoms with Crippen molar-refractivity contribution >= 4 is 0 Å². The van der Waals surface area contributed by atoms with E-state index in [0.29, 0.717) is 23.0 Å². The average Bonchev–Trinajstić information content (AvgIpc) is 2.55. The maximum atomic E-state index is 9.98. The smallest absolute Gasteiger partial charge is 0.168 e. The predicted molar refractivity (Wildman–Crippen MR) is 104 cm³/mol. The molecule has 2 N–H and O–H groups in total. The molecule has 2 aromatic carbocycles. The Kier molecular flexibility index (Phi) is 6.73. The number of hydrogen-bond acceptors (Lipinski definition) is 4. The van der Waals surface area contributed by atoms with Gasteiger partial charge in [-0.3, -0.25) is 0 Å². The minimum atomic E-state index is 0.128. The van der Waals surface area contributed by atoms with Gasteiger partial charge in [-0.1, -0.05) is 25.3 Å². The Morgan fingerprint density at radius 1 is 0.769 bits per heavy atom. The van der Waals surface area contributed by atoms with Crippen LogP contribution in [-0.2, 0) is 12.8 Å². The normalized spacial score (nSPS) is 10.4. The standard InChI is InChI=1S/C22H26O4/c1-15(2)25-21-11-9-17(13-19(21)23)7-5-6-8-18-10-12-22(20(24)14-18)26-16(3)4/h9-14,23-24H,1,3,5-8H2,2,4H3. The van der Waals surface area contributed by atoms with E-state index in [1.807, 2.05) is 12.1 Å². The van der Waals surface area contributed by atoms with Crippen molar-refractivity contribution in [3.05, 3.63) is 72.2 Å². The lowest BCUT2D eigenvalue weighted by Gasteiger charge is -2.10. The van der Waals surface area contributed by atoms with Crippen LogP contribution in [0.5, 0.6) is 23.0 Å². The van der Waals surface area contributed by atoms with Gasteiger partial charge in [0, 0.05) is 0 Å². The van der Waals surface area contributed by atoms with E-state index in [2.05, 4.69) is 13.2 Å². The molecule has 0 bridgehead atoms. The van der Waals surface area contributed by atoms with Crippen LogP contribution in [0.3, 0.4) is 0 Å². The fraction of sp³-hybridized carbons (Fsp3) is 0.273. The van der Waals surface area contributed by atoms with Crippen molar-refractivity contribution in [2.45, 2.75) is 39.5 Å². The van der Waals surface area contributed by atoms with Crippen LogP contribution in [0, 0.1) is 0 Å². The lowest BCUT2D eigenvalue weighted by Crippen LogP contribution is -1.93. The molecule has 2 aromatic rings. The molecule has 4 heteroatoms. The van der Waals surface area contributed by atoms with E-state index in [1.54, 1.807) is 38.1 Å². The highest BCUT2D eigenvalue weighted by Gasteiger charge is 2.06. The highest BCUT2D eigenvalue weighted by atomic mass is 16.5. The van der Waals surface area contributed by atoms with Gasteiger partial charge in [-0.25, -0.2) is 0 Å². The summed E-state index contributed by atoms with van der Waals surface area (Å²) in [5.41, 5.74) is 2.12.